The van der Waals surface area contributed by atoms with E-state index in [1.807, 2.05) is 12.1 Å². The van der Waals surface area contributed by atoms with Crippen LogP contribution in [0.25, 0.3) is 10.9 Å². The molecule has 1 aliphatic heterocycles. The van der Waals surface area contributed by atoms with Gasteiger partial charge in [-0.1, -0.05) is 13.8 Å². The van der Waals surface area contributed by atoms with E-state index >= 15 is 0 Å². The fourth-order valence-electron chi connectivity index (χ4n) is 4.90. The Morgan fingerprint density at radius 1 is 1.00 bits per heavy atom. The Morgan fingerprint density at radius 3 is 2.40 bits per heavy atom. The van der Waals surface area contributed by atoms with Crippen molar-refractivity contribution in [3.63, 3.8) is 0 Å². The molecule has 0 atom stereocenters. The van der Waals surface area contributed by atoms with Crippen molar-refractivity contribution in [2.75, 3.05) is 69.7 Å². The van der Waals surface area contributed by atoms with E-state index in [-0.39, 0.29) is 11.8 Å². The van der Waals surface area contributed by atoms with Gasteiger partial charge in [0.2, 0.25) is 0 Å². The van der Waals surface area contributed by atoms with Crippen molar-refractivity contribution < 1.29 is 19.1 Å². The highest BCUT2D eigenvalue weighted by atomic mass is 16.5. The molecule has 0 spiro atoms. The summed E-state index contributed by atoms with van der Waals surface area (Å²) < 4.78 is 11.8. The van der Waals surface area contributed by atoms with E-state index in [1.54, 1.807) is 42.6 Å². The molecule has 10 heteroatoms. The zero-order valence-corrected chi connectivity index (χ0v) is 24.0. The number of rotatable bonds is 12. The van der Waals surface area contributed by atoms with Gasteiger partial charge in [0.15, 0.2) is 17.3 Å². The van der Waals surface area contributed by atoms with E-state index in [1.165, 1.54) is 6.92 Å². The van der Waals surface area contributed by atoms with Crippen LogP contribution in [-0.2, 0) is 0 Å². The molecule has 0 radical (unpaired) electrons. The number of urea groups is 1. The predicted molar refractivity (Wildman–Crippen MR) is 158 cm³/mol. The van der Waals surface area contributed by atoms with Gasteiger partial charge in [-0.05, 0) is 63.2 Å². The molecular formula is C30H40N6O4. The van der Waals surface area contributed by atoms with E-state index < -0.39 is 0 Å². The molecule has 0 saturated carbocycles. The highest BCUT2D eigenvalue weighted by Crippen LogP contribution is 2.35. The van der Waals surface area contributed by atoms with Crippen molar-refractivity contribution in [1.29, 1.82) is 0 Å². The molecule has 0 unspecified atom stereocenters. The minimum Gasteiger partial charge on any atom is -0.493 e. The van der Waals surface area contributed by atoms with Crippen LogP contribution in [0, 0.1) is 0 Å². The van der Waals surface area contributed by atoms with Gasteiger partial charge in [-0.3, -0.25) is 4.79 Å². The lowest BCUT2D eigenvalue weighted by atomic mass is 10.1. The number of benzene rings is 2. The van der Waals surface area contributed by atoms with E-state index in [9.17, 15) is 9.59 Å². The topological polar surface area (TPSA) is 100 Å². The van der Waals surface area contributed by atoms with Crippen LogP contribution in [-0.4, -0.2) is 91.1 Å². The van der Waals surface area contributed by atoms with Crippen molar-refractivity contribution in [2.24, 2.45) is 0 Å². The molecule has 1 N–H and O–H groups in total. The van der Waals surface area contributed by atoms with Gasteiger partial charge in [-0.15, -0.1) is 0 Å². The summed E-state index contributed by atoms with van der Waals surface area (Å²) in [6, 6.07) is 10.6. The smallest absolute Gasteiger partial charge is 0.321 e. The average Bonchev–Trinajstić information content (AvgIpc) is 2.98. The first-order chi connectivity index (χ1) is 19.4. The zero-order valence-electron chi connectivity index (χ0n) is 24.0. The van der Waals surface area contributed by atoms with Crippen LogP contribution < -0.4 is 19.7 Å². The Hall–Kier alpha value is -3.92. The normalized spacial score (nSPS) is 13.5. The standard InChI is InChI=1S/C30H40N6O4/c1-5-12-34(6-2)13-7-18-40-28-20-26-25(19-27(28)39-4)29(32-21-31-26)35-14-16-36(17-15-35)30(38)33-24-10-8-23(9-11-24)22(3)37/h8-11,19-21H,5-7,12-18H2,1-4H3,(H,33,38). The summed E-state index contributed by atoms with van der Waals surface area (Å²) in [4.78, 5) is 39.8. The third-order valence-electron chi connectivity index (χ3n) is 7.17. The Bertz CT molecular complexity index is 1290. The zero-order chi connectivity index (χ0) is 28.5. The minimum atomic E-state index is -0.164. The molecule has 2 heterocycles. The van der Waals surface area contributed by atoms with Gasteiger partial charge in [0.05, 0.1) is 19.2 Å². The molecule has 3 aromatic rings. The average molecular weight is 549 g/mol. The molecule has 10 nitrogen and oxygen atoms in total. The maximum atomic E-state index is 12.8. The molecule has 1 saturated heterocycles. The number of carbonyl (C=O) groups excluding carboxylic acids is 2. The van der Waals surface area contributed by atoms with Crippen molar-refractivity contribution in [2.45, 2.75) is 33.6 Å². The first-order valence-corrected chi connectivity index (χ1v) is 14.0. The first kappa shape index (κ1) is 29.1. The maximum Gasteiger partial charge on any atom is 0.321 e. The minimum absolute atomic E-state index is 0.00566. The number of carbonyl (C=O) groups is 2. The number of nitrogens with zero attached hydrogens (tertiary/aromatic N) is 5. The highest BCUT2D eigenvalue weighted by Gasteiger charge is 2.24. The van der Waals surface area contributed by atoms with Crippen LogP contribution in [0.2, 0.25) is 0 Å². The van der Waals surface area contributed by atoms with Crippen molar-refractivity contribution in [1.82, 2.24) is 19.8 Å². The van der Waals surface area contributed by atoms with Crippen LogP contribution in [0.4, 0.5) is 16.3 Å². The summed E-state index contributed by atoms with van der Waals surface area (Å²) in [5.74, 6) is 2.14. The number of fused-ring (bicyclic) bond motifs is 1. The molecule has 214 valence electrons. The van der Waals surface area contributed by atoms with Crippen LogP contribution >= 0.6 is 0 Å². The van der Waals surface area contributed by atoms with Gasteiger partial charge < -0.3 is 29.5 Å². The number of ketones is 1. The van der Waals surface area contributed by atoms with Gasteiger partial charge in [0.25, 0.3) is 0 Å². The molecule has 2 aromatic carbocycles. The lowest BCUT2D eigenvalue weighted by molar-refractivity contribution is 0.101. The van der Waals surface area contributed by atoms with E-state index in [2.05, 4.69) is 38.9 Å². The van der Waals surface area contributed by atoms with E-state index in [4.69, 9.17) is 9.47 Å². The van der Waals surface area contributed by atoms with Crippen LogP contribution in [0.3, 0.4) is 0 Å². The molecule has 1 fully saturated rings. The monoisotopic (exact) mass is 548 g/mol. The maximum absolute atomic E-state index is 12.8. The number of Topliss-reactive ketones (excluding diaryl/α,β-unsaturated/α-hetero) is 1. The number of nitrogens with one attached hydrogen (secondary N) is 1. The number of methoxy groups -OCH3 is 1. The van der Waals surface area contributed by atoms with Gasteiger partial charge in [0.1, 0.15) is 12.1 Å². The summed E-state index contributed by atoms with van der Waals surface area (Å²) in [5.41, 5.74) is 2.06. The molecular weight excluding hydrogens is 508 g/mol. The number of aromatic nitrogens is 2. The second-order valence-corrected chi connectivity index (χ2v) is 9.89. The highest BCUT2D eigenvalue weighted by molar-refractivity contribution is 5.95. The summed E-state index contributed by atoms with van der Waals surface area (Å²) in [6.07, 6.45) is 3.66. The molecule has 0 bridgehead atoms. The third-order valence-corrected chi connectivity index (χ3v) is 7.17. The fraction of sp³-hybridized carbons (Fsp3) is 0.467. The third kappa shape index (κ3) is 7.18. The number of piperazine rings is 1. The van der Waals surface area contributed by atoms with Gasteiger partial charge >= 0.3 is 6.03 Å². The number of amides is 2. The lowest BCUT2D eigenvalue weighted by Crippen LogP contribution is -2.50. The van der Waals surface area contributed by atoms with Gasteiger partial charge in [0, 0.05) is 55.4 Å². The first-order valence-electron chi connectivity index (χ1n) is 14.0. The second kappa shape index (κ2) is 13.9. The van der Waals surface area contributed by atoms with Gasteiger partial charge in [-0.25, -0.2) is 14.8 Å². The number of hydrogen-bond acceptors (Lipinski definition) is 8. The van der Waals surface area contributed by atoms with E-state index in [0.29, 0.717) is 55.5 Å². The Kier molecular flexibility index (Phi) is 10.1. The summed E-state index contributed by atoms with van der Waals surface area (Å²) in [6.45, 7) is 12.0. The lowest BCUT2D eigenvalue weighted by Gasteiger charge is -2.35. The van der Waals surface area contributed by atoms with Crippen LogP contribution in [0.5, 0.6) is 11.5 Å². The number of ether oxygens (including phenoxy) is 2. The summed E-state index contributed by atoms with van der Waals surface area (Å²) in [5, 5.41) is 3.80. The molecule has 2 amide bonds. The van der Waals surface area contributed by atoms with Crippen molar-refractivity contribution in [3.8, 4) is 11.5 Å². The molecule has 40 heavy (non-hydrogen) atoms. The Morgan fingerprint density at radius 2 is 1.75 bits per heavy atom. The molecule has 1 aliphatic rings. The largest absolute Gasteiger partial charge is 0.493 e. The van der Waals surface area contributed by atoms with Gasteiger partial charge in [-0.2, -0.15) is 0 Å². The summed E-state index contributed by atoms with van der Waals surface area (Å²) >= 11 is 0. The SMILES string of the molecule is CCCN(CC)CCCOc1cc2ncnc(N3CCN(C(=O)Nc4ccc(C(C)=O)cc4)CC3)c2cc1OC. The number of anilines is 2. The Labute approximate surface area is 236 Å². The predicted octanol–water partition coefficient (Wildman–Crippen LogP) is 4.70. The quantitative estimate of drug-likeness (QED) is 0.257. The number of hydrogen-bond donors (Lipinski definition) is 1. The van der Waals surface area contributed by atoms with Crippen molar-refractivity contribution >= 4 is 34.2 Å². The Balaban J connectivity index is 1.38. The molecule has 0 aliphatic carbocycles. The molecule has 4 rings (SSSR count). The second-order valence-electron chi connectivity index (χ2n) is 9.89. The van der Waals surface area contributed by atoms with E-state index in [0.717, 1.165) is 49.2 Å². The van der Waals surface area contributed by atoms with Crippen LogP contribution in [0.15, 0.2) is 42.7 Å². The fourth-order valence-corrected chi connectivity index (χ4v) is 4.90. The van der Waals surface area contributed by atoms with Crippen molar-refractivity contribution in [3.05, 3.63) is 48.3 Å². The summed E-state index contributed by atoms with van der Waals surface area (Å²) in [7, 11) is 1.64. The van der Waals surface area contributed by atoms with Crippen LogP contribution in [0.1, 0.15) is 44.0 Å². The molecule has 1 aromatic heterocycles.